The summed E-state index contributed by atoms with van der Waals surface area (Å²) in [6.07, 6.45) is 4.66. The van der Waals surface area contributed by atoms with Gasteiger partial charge in [-0.05, 0) is 43.9 Å². The number of nitrogens with one attached hydrogen (secondary N) is 1. The lowest BCUT2D eigenvalue weighted by molar-refractivity contribution is 0.398. The van der Waals surface area contributed by atoms with E-state index >= 15 is 0 Å². The van der Waals surface area contributed by atoms with Crippen LogP contribution in [0.5, 0.6) is 5.75 Å². The number of rotatable bonds is 2. The summed E-state index contributed by atoms with van der Waals surface area (Å²) in [5, 5.41) is 13.8. The largest absolute Gasteiger partial charge is 0.506 e. The van der Waals surface area contributed by atoms with Crippen LogP contribution < -0.4 is 5.32 Å². The molecule has 0 saturated carbocycles. The normalized spacial score (nSPS) is 21.0. The van der Waals surface area contributed by atoms with Gasteiger partial charge in [0.25, 0.3) is 0 Å². The molecule has 0 aromatic heterocycles. The molecule has 2 N–H and O–H groups in total. The minimum Gasteiger partial charge on any atom is -0.506 e. The molecule has 1 unspecified atom stereocenters. The van der Waals surface area contributed by atoms with Crippen LogP contribution in [0.25, 0.3) is 0 Å². The van der Waals surface area contributed by atoms with Crippen LogP contribution in [0.15, 0.2) is 12.1 Å². The van der Waals surface area contributed by atoms with Gasteiger partial charge in [0, 0.05) is 6.04 Å². The standard InChI is InChI=1S/C13H18ClNO/c1-9-5-6-10(12(14)13(9)16)8-11-4-2-3-7-15-11/h5-6,11,15-16H,2-4,7-8H2,1H3. The number of phenolic OH excluding ortho intramolecular Hbond substituents is 1. The molecular weight excluding hydrogens is 222 g/mol. The summed E-state index contributed by atoms with van der Waals surface area (Å²) in [6.45, 7) is 2.96. The fraction of sp³-hybridized carbons (Fsp3) is 0.538. The molecule has 2 nitrogen and oxygen atoms in total. The van der Waals surface area contributed by atoms with Crippen molar-refractivity contribution in [2.24, 2.45) is 0 Å². The Morgan fingerprint density at radius 1 is 1.44 bits per heavy atom. The van der Waals surface area contributed by atoms with Crippen molar-refractivity contribution >= 4 is 11.6 Å². The maximum Gasteiger partial charge on any atom is 0.137 e. The number of hydrogen-bond donors (Lipinski definition) is 2. The van der Waals surface area contributed by atoms with E-state index in [1.54, 1.807) is 0 Å². The molecule has 1 aliphatic heterocycles. The fourth-order valence-electron chi connectivity index (χ4n) is 2.22. The van der Waals surface area contributed by atoms with Crippen molar-refractivity contribution in [3.05, 3.63) is 28.3 Å². The lowest BCUT2D eigenvalue weighted by Crippen LogP contribution is -2.35. The van der Waals surface area contributed by atoms with Gasteiger partial charge in [0.15, 0.2) is 0 Å². The topological polar surface area (TPSA) is 32.3 Å². The van der Waals surface area contributed by atoms with Crippen LogP contribution >= 0.6 is 11.6 Å². The first-order valence-corrected chi connectivity index (χ1v) is 6.26. The molecule has 1 heterocycles. The Kier molecular flexibility index (Phi) is 3.72. The molecule has 1 aliphatic rings. The van der Waals surface area contributed by atoms with Gasteiger partial charge in [-0.1, -0.05) is 30.2 Å². The van der Waals surface area contributed by atoms with Crippen molar-refractivity contribution in [1.82, 2.24) is 5.32 Å². The van der Waals surface area contributed by atoms with Crippen molar-refractivity contribution in [3.8, 4) is 5.75 Å². The third kappa shape index (κ3) is 2.50. The molecule has 0 radical (unpaired) electrons. The highest BCUT2D eigenvalue weighted by Gasteiger charge is 2.16. The van der Waals surface area contributed by atoms with E-state index in [0.717, 1.165) is 24.1 Å². The minimum absolute atomic E-state index is 0.231. The van der Waals surface area contributed by atoms with Crippen LogP contribution in [0.1, 0.15) is 30.4 Å². The third-order valence-corrected chi connectivity index (χ3v) is 3.70. The smallest absolute Gasteiger partial charge is 0.137 e. The van der Waals surface area contributed by atoms with Gasteiger partial charge in [-0.3, -0.25) is 0 Å². The average Bonchev–Trinajstić information content (AvgIpc) is 2.31. The molecule has 88 valence electrons. The Labute approximate surface area is 102 Å². The zero-order valence-corrected chi connectivity index (χ0v) is 10.3. The molecule has 0 spiro atoms. The monoisotopic (exact) mass is 239 g/mol. The highest BCUT2D eigenvalue weighted by molar-refractivity contribution is 6.32. The fourth-order valence-corrected chi connectivity index (χ4v) is 2.51. The highest BCUT2D eigenvalue weighted by Crippen LogP contribution is 2.31. The van der Waals surface area contributed by atoms with E-state index in [1.165, 1.54) is 19.3 Å². The molecule has 1 fully saturated rings. The first-order chi connectivity index (χ1) is 7.68. The molecule has 1 atom stereocenters. The van der Waals surface area contributed by atoms with Gasteiger partial charge in [0.1, 0.15) is 5.75 Å². The zero-order valence-electron chi connectivity index (χ0n) is 9.59. The zero-order chi connectivity index (χ0) is 11.5. The Bertz CT molecular complexity index is 372. The molecule has 2 rings (SSSR count). The van der Waals surface area contributed by atoms with Gasteiger partial charge >= 0.3 is 0 Å². The Balaban J connectivity index is 2.11. The summed E-state index contributed by atoms with van der Waals surface area (Å²) >= 11 is 6.14. The van der Waals surface area contributed by atoms with Crippen LogP contribution in [-0.4, -0.2) is 17.7 Å². The summed E-state index contributed by atoms with van der Waals surface area (Å²) < 4.78 is 0. The van der Waals surface area contributed by atoms with Gasteiger partial charge in [0.05, 0.1) is 5.02 Å². The van der Waals surface area contributed by atoms with E-state index < -0.39 is 0 Å². The van der Waals surface area contributed by atoms with Crippen molar-refractivity contribution < 1.29 is 5.11 Å². The second-order valence-electron chi connectivity index (χ2n) is 4.56. The average molecular weight is 240 g/mol. The molecular formula is C13H18ClNO. The van der Waals surface area contributed by atoms with Gasteiger partial charge in [0.2, 0.25) is 0 Å². The maximum atomic E-state index is 9.76. The second-order valence-corrected chi connectivity index (χ2v) is 4.93. The molecule has 1 aromatic carbocycles. The van der Waals surface area contributed by atoms with Crippen molar-refractivity contribution in [3.63, 3.8) is 0 Å². The molecule has 16 heavy (non-hydrogen) atoms. The number of aryl methyl sites for hydroxylation is 1. The molecule has 1 saturated heterocycles. The second kappa shape index (κ2) is 5.07. The van der Waals surface area contributed by atoms with Crippen LogP contribution in [0.2, 0.25) is 5.02 Å². The molecule has 3 heteroatoms. The molecule has 0 amide bonds. The van der Waals surface area contributed by atoms with Crippen LogP contribution in [0.4, 0.5) is 0 Å². The summed E-state index contributed by atoms with van der Waals surface area (Å²) in [5.41, 5.74) is 1.88. The van der Waals surface area contributed by atoms with Crippen molar-refractivity contribution in [1.29, 1.82) is 0 Å². The summed E-state index contributed by atoms with van der Waals surface area (Å²) in [7, 11) is 0. The summed E-state index contributed by atoms with van der Waals surface area (Å²) in [6, 6.07) is 4.46. The van der Waals surface area contributed by atoms with Gasteiger partial charge in [-0.2, -0.15) is 0 Å². The lowest BCUT2D eigenvalue weighted by Gasteiger charge is -2.24. The van der Waals surface area contributed by atoms with E-state index in [4.69, 9.17) is 11.6 Å². The number of benzene rings is 1. The first-order valence-electron chi connectivity index (χ1n) is 5.89. The number of halogens is 1. The number of hydrogen-bond acceptors (Lipinski definition) is 2. The minimum atomic E-state index is 0.231. The number of piperidine rings is 1. The van der Waals surface area contributed by atoms with E-state index in [2.05, 4.69) is 5.32 Å². The number of phenols is 1. The van der Waals surface area contributed by atoms with Crippen molar-refractivity contribution in [2.45, 2.75) is 38.6 Å². The van der Waals surface area contributed by atoms with E-state index in [0.29, 0.717) is 11.1 Å². The van der Waals surface area contributed by atoms with Crippen LogP contribution in [0, 0.1) is 6.92 Å². The predicted octanol–water partition coefficient (Wildman–Crippen LogP) is 3.04. The quantitative estimate of drug-likeness (QED) is 0.832. The summed E-state index contributed by atoms with van der Waals surface area (Å²) in [5.74, 6) is 0.231. The van der Waals surface area contributed by atoms with Crippen molar-refractivity contribution in [2.75, 3.05) is 6.54 Å². The Hall–Kier alpha value is -0.730. The Morgan fingerprint density at radius 3 is 2.94 bits per heavy atom. The summed E-state index contributed by atoms with van der Waals surface area (Å²) in [4.78, 5) is 0. The number of aromatic hydroxyl groups is 1. The molecule has 0 bridgehead atoms. The SMILES string of the molecule is Cc1ccc(CC2CCCCN2)c(Cl)c1O. The van der Waals surface area contributed by atoms with Crippen LogP contribution in [0.3, 0.4) is 0 Å². The van der Waals surface area contributed by atoms with Crippen LogP contribution in [-0.2, 0) is 6.42 Å². The van der Waals surface area contributed by atoms with E-state index in [-0.39, 0.29) is 5.75 Å². The predicted molar refractivity (Wildman–Crippen MR) is 67.2 cm³/mol. The molecule has 1 aromatic rings. The lowest BCUT2D eigenvalue weighted by atomic mass is 9.97. The van der Waals surface area contributed by atoms with E-state index in [1.807, 2.05) is 19.1 Å². The van der Waals surface area contributed by atoms with Gasteiger partial charge < -0.3 is 10.4 Å². The highest BCUT2D eigenvalue weighted by atomic mass is 35.5. The molecule has 0 aliphatic carbocycles. The first kappa shape index (κ1) is 11.7. The van der Waals surface area contributed by atoms with Gasteiger partial charge in [-0.15, -0.1) is 0 Å². The van der Waals surface area contributed by atoms with Gasteiger partial charge in [-0.25, -0.2) is 0 Å². The van der Waals surface area contributed by atoms with E-state index in [9.17, 15) is 5.11 Å². The Morgan fingerprint density at radius 2 is 2.25 bits per heavy atom. The third-order valence-electron chi connectivity index (χ3n) is 3.28. The maximum absolute atomic E-state index is 9.76.